The van der Waals surface area contributed by atoms with Crippen LogP contribution in [0.2, 0.25) is 0 Å². The van der Waals surface area contributed by atoms with Crippen molar-refractivity contribution in [2.75, 3.05) is 25.5 Å². The number of benzene rings is 2. The van der Waals surface area contributed by atoms with Gasteiger partial charge in [0.15, 0.2) is 23.0 Å². The van der Waals surface area contributed by atoms with E-state index in [1.54, 1.807) is 30.3 Å². The van der Waals surface area contributed by atoms with Gasteiger partial charge in [0.05, 0.1) is 6.20 Å². The summed E-state index contributed by atoms with van der Waals surface area (Å²) in [5.41, 5.74) is 1.61. The molecule has 3 aromatic rings. The predicted octanol–water partition coefficient (Wildman–Crippen LogP) is 3.54. The average molecular weight is 382 g/mol. The Morgan fingerprint density at radius 2 is 1.63 bits per heavy atom. The number of carbonyl (C=O) groups is 1. The number of thiazole rings is 1. The van der Waals surface area contributed by atoms with Gasteiger partial charge in [0, 0.05) is 24.4 Å². The quantitative estimate of drug-likeness (QED) is 0.690. The molecule has 0 aliphatic carbocycles. The van der Waals surface area contributed by atoms with E-state index >= 15 is 0 Å². The van der Waals surface area contributed by atoms with Crippen LogP contribution in [0.25, 0.3) is 10.6 Å². The molecule has 0 saturated carbocycles. The predicted molar refractivity (Wildman–Crippen MR) is 99.0 cm³/mol. The van der Waals surface area contributed by atoms with E-state index in [0.717, 1.165) is 16.3 Å². The number of nitrogens with zero attached hydrogens (tertiary/aromatic N) is 2. The molecule has 0 atom stereocenters. The normalized spacial score (nSPS) is 13.7. The highest BCUT2D eigenvalue weighted by atomic mass is 32.1. The molecular weight excluding hydrogens is 368 g/mol. The molecule has 27 heavy (non-hydrogen) atoms. The van der Waals surface area contributed by atoms with Crippen LogP contribution in [0, 0.1) is 0 Å². The summed E-state index contributed by atoms with van der Waals surface area (Å²) in [6, 6.07) is 11.0. The van der Waals surface area contributed by atoms with Gasteiger partial charge in [-0.25, -0.2) is 4.98 Å². The topological polar surface area (TPSA) is 70.1 Å². The van der Waals surface area contributed by atoms with Crippen molar-refractivity contribution in [2.24, 2.45) is 0 Å². The molecule has 0 unspecified atom stereocenters. The molecule has 0 radical (unpaired) electrons. The summed E-state index contributed by atoms with van der Waals surface area (Å²) in [6.07, 6.45) is 1.59. The van der Waals surface area contributed by atoms with Crippen LogP contribution in [-0.4, -0.2) is 31.5 Å². The summed E-state index contributed by atoms with van der Waals surface area (Å²) in [7, 11) is 1.72. The number of hydrogen-bond acceptors (Lipinski definition) is 7. The first-order chi connectivity index (χ1) is 13.2. The van der Waals surface area contributed by atoms with E-state index in [-0.39, 0.29) is 19.5 Å². The molecule has 0 spiro atoms. The number of amides is 1. The Hall–Kier alpha value is -3.26. The van der Waals surface area contributed by atoms with Gasteiger partial charge in [0.1, 0.15) is 9.88 Å². The Balaban J connectivity index is 1.39. The van der Waals surface area contributed by atoms with Crippen molar-refractivity contribution in [3.63, 3.8) is 0 Å². The van der Waals surface area contributed by atoms with Crippen molar-refractivity contribution in [1.82, 2.24) is 4.98 Å². The fourth-order valence-corrected chi connectivity index (χ4v) is 3.80. The van der Waals surface area contributed by atoms with Crippen molar-refractivity contribution >= 4 is 22.9 Å². The molecule has 0 fully saturated rings. The minimum absolute atomic E-state index is 0.140. The Kier molecular flexibility index (Phi) is 3.64. The Labute approximate surface area is 158 Å². The summed E-state index contributed by atoms with van der Waals surface area (Å²) in [5, 5.41) is 0.746. The summed E-state index contributed by atoms with van der Waals surface area (Å²) in [4.78, 5) is 19.4. The lowest BCUT2D eigenvalue weighted by Crippen LogP contribution is -2.25. The molecule has 0 N–H and O–H groups in total. The maximum atomic E-state index is 12.9. The van der Waals surface area contributed by atoms with Gasteiger partial charge in [0.2, 0.25) is 13.6 Å². The highest BCUT2D eigenvalue weighted by Crippen LogP contribution is 2.38. The van der Waals surface area contributed by atoms with Crippen LogP contribution in [0.4, 0.5) is 5.69 Å². The van der Waals surface area contributed by atoms with E-state index < -0.39 is 0 Å². The van der Waals surface area contributed by atoms with Crippen molar-refractivity contribution in [2.45, 2.75) is 0 Å². The van der Waals surface area contributed by atoms with Gasteiger partial charge in [-0.2, -0.15) is 0 Å². The third-order valence-corrected chi connectivity index (χ3v) is 5.42. The molecule has 0 saturated heterocycles. The fraction of sp³-hybridized carbons (Fsp3) is 0.158. The van der Waals surface area contributed by atoms with Crippen molar-refractivity contribution < 1.29 is 23.7 Å². The SMILES string of the molecule is CN(C(=O)c1cnc(-c2ccc3c(c2)OCO3)s1)c1ccc2c(c1)OCO2. The highest BCUT2D eigenvalue weighted by molar-refractivity contribution is 7.17. The molecule has 136 valence electrons. The van der Waals surface area contributed by atoms with E-state index in [2.05, 4.69) is 4.98 Å². The van der Waals surface area contributed by atoms with Crippen LogP contribution in [0.5, 0.6) is 23.0 Å². The summed E-state index contributed by atoms with van der Waals surface area (Å²) >= 11 is 1.33. The van der Waals surface area contributed by atoms with Crippen LogP contribution < -0.4 is 23.8 Å². The maximum absolute atomic E-state index is 12.9. The number of fused-ring (bicyclic) bond motifs is 2. The monoisotopic (exact) mass is 382 g/mol. The number of hydrogen-bond donors (Lipinski definition) is 0. The van der Waals surface area contributed by atoms with E-state index in [4.69, 9.17) is 18.9 Å². The lowest BCUT2D eigenvalue weighted by Gasteiger charge is -2.16. The summed E-state index contributed by atoms with van der Waals surface area (Å²) in [5.74, 6) is 2.58. The number of rotatable bonds is 3. The van der Waals surface area contributed by atoms with Gasteiger partial charge in [0.25, 0.3) is 5.91 Å². The molecule has 2 aliphatic rings. The third-order valence-electron chi connectivity index (χ3n) is 4.38. The van der Waals surface area contributed by atoms with Gasteiger partial charge in [-0.05, 0) is 30.3 Å². The first-order valence-corrected chi connectivity index (χ1v) is 9.04. The van der Waals surface area contributed by atoms with Gasteiger partial charge in [-0.15, -0.1) is 11.3 Å². The summed E-state index contributed by atoms with van der Waals surface area (Å²) in [6.45, 7) is 0.422. The molecule has 8 heteroatoms. The lowest BCUT2D eigenvalue weighted by atomic mass is 10.2. The van der Waals surface area contributed by atoms with Crippen molar-refractivity contribution in [3.8, 4) is 33.6 Å². The second-order valence-corrected chi connectivity index (χ2v) is 7.03. The highest BCUT2D eigenvalue weighted by Gasteiger charge is 2.21. The fourth-order valence-electron chi connectivity index (χ4n) is 2.91. The first-order valence-electron chi connectivity index (χ1n) is 8.22. The van der Waals surface area contributed by atoms with Gasteiger partial charge in [-0.1, -0.05) is 0 Å². The number of aromatic nitrogens is 1. The second kappa shape index (κ2) is 6.17. The Morgan fingerprint density at radius 1 is 0.963 bits per heavy atom. The second-order valence-electron chi connectivity index (χ2n) is 6.00. The zero-order valence-corrected chi connectivity index (χ0v) is 15.1. The lowest BCUT2D eigenvalue weighted by molar-refractivity contribution is 0.0996. The molecule has 3 heterocycles. The molecule has 5 rings (SSSR count). The van der Waals surface area contributed by atoms with Gasteiger partial charge < -0.3 is 23.8 Å². The number of ether oxygens (including phenoxy) is 4. The molecule has 2 aliphatic heterocycles. The maximum Gasteiger partial charge on any atom is 0.269 e. The standard InChI is InChI=1S/C19H14N2O5S/c1-21(12-3-5-14-16(7-12)26-10-24-14)19(22)17-8-20-18(27-17)11-2-4-13-15(6-11)25-9-23-13/h2-8H,9-10H2,1H3. The van der Waals surface area contributed by atoms with Crippen LogP contribution in [0.15, 0.2) is 42.6 Å². The van der Waals surface area contributed by atoms with Crippen LogP contribution in [-0.2, 0) is 0 Å². The van der Waals surface area contributed by atoms with Crippen LogP contribution in [0.1, 0.15) is 9.67 Å². The summed E-state index contributed by atoms with van der Waals surface area (Å²) < 4.78 is 21.4. The zero-order valence-electron chi connectivity index (χ0n) is 14.3. The van der Waals surface area contributed by atoms with Crippen molar-refractivity contribution in [3.05, 3.63) is 47.5 Å². The molecule has 0 bridgehead atoms. The molecule has 2 aromatic carbocycles. The smallest absolute Gasteiger partial charge is 0.269 e. The zero-order chi connectivity index (χ0) is 18.4. The number of anilines is 1. The third kappa shape index (κ3) is 2.74. The Bertz CT molecular complexity index is 1050. The first kappa shape index (κ1) is 16.0. The van der Waals surface area contributed by atoms with E-state index in [1.165, 1.54) is 11.3 Å². The van der Waals surface area contributed by atoms with Gasteiger partial charge in [-0.3, -0.25) is 4.79 Å². The van der Waals surface area contributed by atoms with E-state index in [1.807, 2.05) is 24.3 Å². The van der Waals surface area contributed by atoms with Crippen LogP contribution in [0.3, 0.4) is 0 Å². The van der Waals surface area contributed by atoms with E-state index in [0.29, 0.717) is 27.9 Å². The largest absolute Gasteiger partial charge is 0.454 e. The minimum Gasteiger partial charge on any atom is -0.454 e. The van der Waals surface area contributed by atoms with Crippen LogP contribution >= 0.6 is 11.3 Å². The van der Waals surface area contributed by atoms with Gasteiger partial charge >= 0.3 is 0 Å². The molecular formula is C19H14N2O5S. The number of carbonyl (C=O) groups excluding carboxylic acids is 1. The average Bonchev–Trinajstić information content (AvgIpc) is 3.45. The molecule has 1 amide bonds. The minimum atomic E-state index is -0.140. The molecule has 7 nitrogen and oxygen atoms in total. The van der Waals surface area contributed by atoms with Crippen molar-refractivity contribution in [1.29, 1.82) is 0 Å². The van der Waals surface area contributed by atoms with E-state index in [9.17, 15) is 4.79 Å². The Morgan fingerprint density at radius 3 is 2.41 bits per heavy atom. The molecule has 1 aromatic heterocycles.